The molecule has 0 atom stereocenters. The molecule has 3 nitrogen and oxygen atoms in total. The second kappa shape index (κ2) is 6.13. The molecule has 0 fully saturated rings. The first-order valence-electron chi connectivity index (χ1n) is 8.08. The summed E-state index contributed by atoms with van der Waals surface area (Å²) in [5.41, 5.74) is 3.02. The molecule has 2 heterocycles. The molecule has 0 saturated heterocycles. The zero-order chi connectivity index (χ0) is 15.6. The van der Waals surface area contributed by atoms with Gasteiger partial charge in [-0.05, 0) is 37.3 Å². The fourth-order valence-electron chi connectivity index (χ4n) is 3.16. The van der Waals surface area contributed by atoms with E-state index < -0.39 is 0 Å². The molecule has 0 radical (unpaired) electrons. The molecule has 0 bridgehead atoms. The molecule has 0 saturated carbocycles. The number of aromatic nitrogens is 2. The number of benzene rings is 1. The zero-order valence-electron chi connectivity index (χ0n) is 12.9. The normalized spacial score (nSPS) is 15.0. The molecule has 3 aromatic rings. The van der Waals surface area contributed by atoms with Gasteiger partial charge in [-0.2, -0.15) is 0 Å². The van der Waals surface area contributed by atoms with Gasteiger partial charge in [-0.1, -0.05) is 42.8 Å². The lowest BCUT2D eigenvalue weighted by Crippen LogP contribution is -2.03. The van der Waals surface area contributed by atoms with Crippen LogP contribution in [0.4, 0.5) is 0 Å². The number of rotatable bonds is 3. The molecule has 4 rings (SSSR count). The summed E-state index contributed by atoms with van der Waals surface area (Å²) < 4.78 is 2.09. The summed E-state index contributed by atoms with van der Waals surface area (Å²) >= 11 is 1.74. The van der Waals surface area contributed by atoms with Crippen molar-refractivity contribution in [1.29, 1.82) is 0 Å². The highest BCUT2D eigenvalue weighted by molar-refractivity contribution is 7.17. The van der Waals surface area contributed by atoms with Crippen molar-refractivity contribution < 1.29 is 4.79 Å². The minimum Gasteiger partial charge on any atom is -0.288 e. The number of hydrogen-bond donors (Lipinski definition) is 0. The van der Waals surface area contributed by atoms with Crippen LogP contribution in [-0.2, 0) is 12.8 Å². The molecule has 116 valence electrons. The second-order valence-corrected chi connectivity index (χ2v) is 6.96. The first kappa shape index (κ1) is 14.4. The van der Waals surface area contributed by atoms with E-state index in [1.165, 1.54) is 29.8 Å². The number of imidazole rings is 1. The van der Waals surface area contributed by atoms with E-state index in [-0.39, 0.29) is 5.78 Å². The highest BCUT2D eigenvalue weighted by atomic mass is 32.1. The van der Waals surface area contributed by atoms with E-state index in [4.69, 9.17) is 0 Å². The van der Waals surface area contributed by atoms with Crippen molar-refractivity contribution >= 4 is 28.2 Å². The van der Waals surface area contributed by atoms with Crippen molar-refractivity contribution in [3.8, 4) is 0 Å². The molecule has 0 spiro atoms. The Morgan fingerprint density at radius 3 is 2.83 bits per heavy atom. The van der Waals surface area contributed by atoms with Crippen LogP contribution in [0.15, 0.2) is 42.6 Å². The summed E-state index contributed by atoms with van der Waals surface area (Å²) in [6, 6.07) is 9.90. The third-order valence-corrected chi connectivity index (χ3v) is 5.49. The third-order valence-electron chi connectivity index (χ3n) is 4.33. The number of aryl methyl sites for hydroxylation is 2. The molecule has 0 aliphatic heterocycles. The smallest absolute Gasteiger partial charge is 0.204 e. The molecule has 0 unspecified atom stereocenters. The standard InChI is InChI=1S/C19H18N2OS/c22-17(12-11-14-7-3-1-4-8-14)16-13-20-19-21(16)15-9-5-2-6-10-18(15)23-19/h1,3-4,7-8,11-13H,2,5-6,9-10H2/b12-11+. The van der Waals surface area contributed by atoms with Gasteiger partial charge in [0.25, 0.3) is 0 Å². The van der Waals surface area contributed by atoms with Crippen molar-refractivity contribution in [3.63, 3.8) is 0 Å². The SMILES string of the molecule is O=C(/C=C/c1ccccc1)c1cnc2sc3c(n12)CCCCC3. The Morgan fingerprint density at radius 1 is 1.13 bits per heavy atom. The summed E-state index contributed by atoms with van der Waals surface area (Å²) in [5, 5.41) is 0. The Bertz CT molecular complexity index is 874. The number of allylic oxidation sites excluding steroid dienone is 1. The van der Waals surface area contributed by atoms with Crippen LogP contribution in [0.3, 0.4) is 0 Å². The van der Waals surface area contributed by atoms with Gasteiger partial charge in [0.05, 0.1) is 6.20 Å². The quantitative estimate of drug-likeness (QED) is 0.402. The van der Waals surface area contributed by atoms with Gasteiger partial charge in [0.15, 0.2) is 4.96 Å². The lowest BCUT2D eigenvalue weighted by atomic mass is 10.1. The highest BCUT2D eigenvalue weighted by Crippen LogP contribution is 2.30. The van der Waals surface area contributed by atoms with Crippen molar-refractivity contribution in [2.45, 2.75) is 32.1 Å². The third kappa shape index (κ3) is 2.75. The van der Waals surface area contributed by atoms with Crippen LogP contribution < -0.4 is 0 Å². The molecular weight excluding hydrogens is 304 g/mol. The molecule has 23 heavy (non-hydrogen) atoms. The summed E-state index contributed by atoms with van der Waals surface area (Å²) in [5.74, 6) is 0.0196. The van der Waals surface area contributed by atoms with E-state index in [0.717, 1.165) is 23.4 Å². The van der Waals surface area contributed by atoms with Gasteiger partial charge in [-0.25, -0.2) is 4.98 Å². The predicted molar refractivity (Wildman–Crippen MR) is 94.1 cm³/mol. The molecule has 1 aliphatic carbocycles. The minimum atomic E-state index is 0.0196. The van der Waals surface area contributed by atoms with Crippen LogP contribution >= 0.6 is 11.3 Å². The Balaban J connectivity index is 1.70. The van der Waals surface area contributed by atoms with E-state index in [0.29, 0.717) is 5.69 Å². The highest BCUT2D eigenvalue weighted by Gasteiger charge is 2.20. The Morgan fingerprint density at radius 2 is 1.96 bits per heavy atom. The largest absolute Gasteiger partial charge is 0.288 e. The molecular formula is C19H18N2OS. The van der Waals surface area contributed by atoms with Crippen molar-refractivity contribution in [3.05, 3.63) is 64.4 Å². The van der Waals surface area contributed by atoms with Gasteiger partial charge >= 0.3 is 0 Å². The minimum absolute atomic E-state index is 0.0196. The monoisotopic (exact) mass is 322 g/mol. The maximum Gasteiger partial charge on any atom is 0.204 e. The molecule has 1 aromatic carbocycles. The van der Waals surface area contributed by atoms with Crippen LogP contribution in [-0.4, -0.2) is 15.2 Å². The van der Waals surface area contributed by atoms with E-state index in [1.54, 1.807) is 23.6 Å². The Labute approximate surface area is 139 Å². The summed E-state index contributed by atoms with van der Waals surface area (Å²) in [6.07, 6.45) is 11.1. The van der Waals surface area contributed by atoms with Crippen LogP contribution in [0, 0.1) is 0 Å². The molecule has 0 N–H and O–H groups in total. The number of ketones is 1. The summed E-state index contributed by atoms with van der Waals surface area (Å²) in [4.78, 5) is 19.4. The van der Waals surface area contributed by atoms with Gasteiger partial charge in [0, 0.05) is 10.6 Å². The summed E-state index contributed by atoms with van der Waals surface area (Å²) in [6.45, 7) is 0. The molecule has 0 amide bonds. The zero-order valence-corrected chi connectivity index (χ0v) is 13.7. The number of fused-ring (bicyclic) bond motifs is 3. The van der Waals surface area contributed by atoms with Crippen molar-refractivity contribution in [1.82, 2.24) is 9.38 Å². The van der Waals surface area contributed by atoms with Gasteiger partial charge < -0.3 is 0 Å². The lowest BCUT2D eigenvalue weighted by molar-refractivity contribution is 0.104. The average Bonchev–Trinajstić information content (AvgIpc) is 3.05. The summed E-state index contributed by atoms with van der Waals surface area (Å²) in [7, 11) is 0. The van der Waals surface area contributed by atoms with Crippen LogP contribution in [0.5, 0.6) is 0 Å². The number of carbonyl (C=O) groups excluding carboxylic acids is 1. The molecule has 2 aromatic heterocycles. The number of hydrogen-bond acceptors (Lipinski definition) is 3. The average molecular weight is 322 g/mol. The first-order valence-corrected chi connectivity index (χ1v) is 8.90. The van der Waals surface area contributed by atoms with Gasteiger partial charge in [-0.3, -0.25) is 9.20 Å². The van der Waals surface area contributed by atoms with Gasteiger partial charge in [0.1, 0.15) is 5.69 Å². The van der Waals surface area contributed by atoms with E-state index >= 15 is 0 Å². The Hall–Kier alpha value is -2.20. The maximum atomic E-state index is 12.6. The van der Waals surface area contributed by atoms with Crippen LogP contribution in [0.25, 0.3) is 11.0 Å². The van der Waals surface area contributed by atoms with Crippen LogP contribution in [0.2, 0.25) is 0 Å². The lowest BCUT2D eigenvalue weighted by Gasteiger charge is -2.02. The molecule has 4 heteroatoms. The Kier molecular flexibility index (Phi) is 3.83. The number of nitrogens with zero attached hydrogens (tertiary/aromatic N) is 2. The van der Waals surface area contributed by atoms with Crippen molar-refractivity contribution in [2.75, 3.05) is 0 Å². The van der Waals surface area contributed by atoms with E-state index in [9.17, 15) is 4.79 Å². The van der Waals surface area contributed by atoms with Gasteiger partial charge in [-0.15, -0.1) is 11.3 Å². The fraction of sp³-hybridized carbons (Fsp3) is 0.263. The second-order valence-electron chi connectivity index (χ2n) is 5.90. The van der Waals surface area contributed by atoms with Crippen LogP contribution in [0.1, 0.15) is 45.9 Å². The number of carbonyl (C=O) groups is 1. The predicted octanol–water partition coefficient (Wildman–Crippen LogP) is 4.56. The molecule has 1 aliphatic rings. The van der Waals surface area contributed by atoms with Crippen molar-refractivity contribution in [2.24, 2.45) is 0 Å². The van der Waals surface area contributed by atoms with E-state index in [2.05, 4.69) is 9.38 Å². The maximum absolute atomic E-state index is 12.6. The topological polar surface area (TPSA) is 34.4 Å². The number of thiazole rings is 1. The fourth-order valence-corrected chi connectivity index (χ4v) is 4.34. The first-order chi connectivity index (χ1) is 11.3. The van der Waals surface area contributed by atoms with Gasteiger partial charge in [0.2, 0.25) is 5.78 Å². The van der Waals surface area contributed by atoms with E-state index in [1.807, 2.05) is 36.4 Å².